The van der Waals surface area contributed by atoms with Gasteiger partial charge in [0, 0.05) is 12.1 Å². The minimum atomic E-state index is -3.20. The fourth-order valence-electron chi connectivity index (χ4n) is 4.24. The normalized spacial score (nSPS) is 29.4. The van der Waals surface area contributed by atoms with Crippen molar-refractivity contribution in [3.63, 3.8) is 0 Å². The first kappa shape index (κ1) is 20.6. The fraction of sp³-hybridized carbons (Fsp3) is 0.700. The zero-order valence-electron chi connectivity index (χ0n) is 16.3. The van der Waals surface area contributed by atoms with Crippen LogP contribution in [0.25, 0.3) is 0 Å². The van der Waals surface area contributed by atoms with Crippen LogP contribution in [0.2, 0.25) is 0 Å². The molecule has 1 aliphatic carbocycles. The Labute approximate surface area is 163 Å². The summed E-state index contributed by atoms with van der Waals surface area (Å²) in [6.45, 7) is 1.47. The van der Waals surface area contributed by atoms with Gasteiger partial charge < -0.3 is 14.8 Å². The van der Waals surface area contributed by atoms with Gasteiger partial charge in [0.05, 0.1) is 26.1 Å². The number of benzene rings is 1. The van der Waals surface area contributed by atoms with Gasteiger partial charge in [-0.25, -0.2) is 13.1 Å². The molecule has 0 aromatic heterocycles. The van der Waals surface area contributed by atoms with E-state index in [1.54, 1.807) is 7.11 Å². The molecule has 2 atom stereocenters. The van der Waals surface area contributed by atoms with Gasteiger partial charge in [0.2, 0.25) is 10.0 Å². The van der Waals surface area contributed by atoms with Gasteiger partial charge in [-0.05, 0) is 68.7 Å². The Morgan fingerprint density at radius 1 is 1.19 bits per heavy atom. The predicted octanol–water partition coefficient (Wildman–Crippen LogP) is 2.41. The third kappa shape index (κ3) is 6.17. The molecule has 1 aromatic rings. The largest absolute Gasteiger partial charge is 0.497 e. The van der Waals surface area contributed by atoms with E-state index in [1.165, 1.54) is 11.8 Å². The van der Waals surface area contributed by atoms with Crippen LogP contribution in [0.5, 0.6) is 5.75 Å². The molecule has 1 heterocycles. The molecule has 0 bridgehead atoms. The predicted molar refractivity (Wildman–Crippen MR) is 107 cm³/mol. The number of sulfonamides is 1. The molecule has 1 saturated carbocycles. The molecule has 2 aliphatic rings. The highest BCUT2D eigenvalue weighted by molar-refractivity contribution is 7.88. The first-order chi connectivity index (χ1) is 12.9. The monoisotopic (exact) mass is 396 g/mol. The quantitative estimate of drug-likeness (QED) is 0.740. The Bertz CT molecular complexity index is 702. The van der Waals surface area contributed by atoms with Gasteiger partial charge in [-0.3, -0.25) is 0 Å². The van der Waals surface area contributed by atoms with Crippen molar-refractivity contribution in [3.05, 3.63) is 29.8 Å². The molecule has 1 saturated heterocycles. The van der Waals surface area contributed by atoms with Gasteiger partial charge in [-0.15, -0.1) is 0 Å². The molecule has 27 heavy (non-hydrogen) atoms. The maximum absolute atomic E-state index is 11.6. The summed E-state index contributed by atoms with van der Waals surface area (Å²) in [5, 5.41) is 3.41. The van der Waals surface area contributed by atoms with Crippen molar-refractivity contribution in [2.24, 2.45) is 0 Å². The fourth-order valence-corrected chi connectivity index (χ4v) is 5.07. The molecular formula is C20H32N2O4S. The van der Waals surface area contributed by atoms with E-state index in [2.05, 4.69) is 28.2 Å². The molecule has 0 unspecified atom stereocenters. The zero-order valence-corrected chi connectivity index (χ0v) is 17.1. The number of methoxy groups -OCH3 is 1. The van der Waals surface area contributed by atoms with Crippen LogP contribution in [0.3, 0.4) is 0 Å². The molecule has 3 rings (SSSR count). The van der Waals surface area contributed by atoms with Crippen molar-refractivity contribution >= 4 is 10.0 Å². The van der Waals surface area contributed by atoms with Crippen LogP contribution in [-0.4, -0.2) is 53.1 Å². The number of ether oxygens (including phenoxy) is 2. The molecule has 2 fully saturated rings. The number of hydrogen-bond acceptors (Lipinski definition) is 5. The van der Waals surface area contributed by atoms with Crippen molar-refractivity contribution in [1.29, 1.82) is 0 Å². The molecule has 152 valence electrons. The van der Waals surface area contributed by atoms with Gasteiger partial charge in [0.25, 0.3) is 0 Å². The number of hydrogen-bond donors (Lipinski definition) is 2. The van der Waals surface area contributed by atoms with Gasteiger partial charge in [-0.1, -0.05) is 12.1 Å². The van der Waals surface area contributed by atoms with E-state index < -0.39 is 10.0 Å². The number of rotatable bonds is 7. The highest BCUT2D eigenvalue weighted by Gasteiger charge is 2.29. The second kappa shape index (κ2) is 9.37. The molecule has 2 N–H and O–H groups in total. The van der Waals surface area contributed by atoms with Crippen molar-refractivity contribution < 1.29 is 17.9 Å². The first-order valence-electron chi connectivity index (χ1n) is 9.91. The van der Waals surface area contributed by atoms with Gasteiger partial charge in [0.15, 0.2) is 0 Å². The molecule has 7 heteroatoms. The van der Waals surface area contributed by atoms with Crippen LogP contribution < -0.4 is 14.8 Å². The lowest BCUT2D eigenvalue weighted by atomic mass is 9.82. The van der Waals surface area contributed by atoms with Crippen molar-refractivity contribution in [2.45, 2.75) is 62.6 Å². The van der Waals surface area contributed by atoms with E-state index in [1.807, 2.05) is 6.07 Å². The maximum atomic E-state index is 11.6. The number of nitrogens with one attached hydrogen (secondary N) is 2. The Hall–Kier alpha value is -1.15. The van der Waals surface area contributed by atoms with Crippen LogP contribution >= 0.6 is 0 Å². The van der Waals surface area contributed by atoms with Crippen molar-refractivity contribution in [1.82, 2.24) is 10.0 Å². The van der Waals surface area contributed by atoms with Gasteiger partial charge in [-0.2, -0.15) is 0 Å². The molecule has 0 amide bonds. The van der Waals surface area contributed by atoms with Crippen LogP contribution in [0.1, 0.15) is 50.0 Å². The van der Waals surface area contributed by atoms with E-state index >= 15 is 0 Å². The van der Waals surface area contributed by atoms with Crippen LogP contribution in [0.15, 0.2) is 24.3 Å². The molecule has 0 spiro atoms. The van der Waals surface area contributed by atoms with Crippen molar-refractivity contribution in [3.8, 4) is 5.75 Å². The molecule has 1 aromatic carbocycles. The summed E-state index contributed by atoms with van der Waals surface area (Å²) in [5.41, 5.74) is 1.35. The third-order valence-corrected chi connectivity index (χ3v) is 6.43. The lowest BCUT2D eigenvalue weighted by Gasteiger charge is -2.35. The second-order valence-electron chi connectivity index (χ2n) is 7.78. The summed E-state index contributed by atoms with van der Waals surface area (Å²) >= 11 is 0. The Morgan fingerprint density at radius 3 is 2.67 bits per heavy atom. The van der Waals surface area contributed by atoms with E-state index in [9.17, 15) is 8.42 Å². The Kier molecular flexibility index (Phi) is 7.14. The SMILES string of the molecule is COc1cccc([C@H]2CC[C@@H](OC[C@@H]3NCCC[C@@H]3NS(C)(=O)=O)CC2)c1. The van der Waals surface area contributed by atoms with Gasteiger partial charge in [0.1, 0.15) is 5.75 Å². The van der Waals surface area contributed by atoms with Gasteiger partial charge >= 0.3 is 0 Å². The smallest absolute Gasteiger partial charge is 0.209 e. The molecular weight excluding hydrogens is 364 g/mol. The average molecular weight is 397 g/mol. The summed E-state index contributed by atoms with van der Waals surface area (Å²) < 4.78 is 37.4. The second-order valence-corrected chi connectivity index (χ2v) is 9.56. The lowest BCUT2D eigenvalue weighted by Crippen LogP contribution is -2.55. The summed E-state index contributed by atoms with van der Waals surface area (Å²) in [5.74, 6) is 1.48. The highest BCUT2D eigenvalue weighted by Crippen LogP contribution is 2.35. The summed E-state index contributed by atoms with van der Waals surface area (Å²) in [7, 11) is -1.50. The van der Waals surface area contributed by atoms with E-state index in [0.717, 1.165) is 50.8 Å². The summed E-state index contributed by atoms with van der Waals surface area (Å²) in [6, 6.07) is 8.32. The topological polar surface area (TPSA) is 76.7 Å². The van der Waals surface area contributed by atoms with E-state index in [0.29, 0.717) is 12.5 Å². The average Bonchev–Trinajstić information content (AvgIpc) is 2.66. The molecule has 6 nitrogen and oxygen atoms in total. The standard InChI is InChI=1S/C20H32N2O4S/c1-25-18-6-3-5-16(13-18)15-8-10-17(11-9-15)26-14-20-19(7-4-12-21-20)22-27(2,23)24/h3,5-6,13,15,17,19-22H,4,7-12,14H2,1-2H3/t15-,17+,19-,20-/m0/s1. The van der Waals surface area contributed by atoms with E-state index in [4.69, 9.17) is 9.47 Å². The molecule has 1 aliphatic heterocycles. The minimum absolute atomic E-state index is 0.0459. The zero-order chi connectivity index (χ0) is 19.3. The Morgan fingerprint density at radius 2 is 1.96 bits per heavy atom. The van der Waals surface area contributed by atoms with Crippen LogP contribution in [-0.2, 0) is 14.8 Å². The van der Waals surface area contributed by atoms with Crippen LogP contribution in [0, 0.1) is 0 Å². The Balaban J connectivity index is 1.47. The summed E-state index contributed by atoms with van der Waals surface area (Å²) in [6.07, 6.45) is 7.62. The maximum Gasteiger partial charge on any atom is 0.209 e. The highest BCUT2D eigenvalue weighted by atomic mass is 32.2. The number of piperidine rings is 1. The molecule has 0 radical (unpaired) electrons. The minimum Gasteiger partial charge on any atom is -0.497 e. The third-order valence-electron chi connectivity index (χ3n) is 5.70. The van der Waals surface area contributed by atoms with Crippen LogP contribution in [0.4, 0.5) is 0 Å². The van der Waals surface area contributed by atoms with E-state index in [-0.39, 0.29) is 18.2 Å². The lowest BCUT2D eigenvalue weighted by molar-refractivity contribution is 0.00523. The summed E-state index contributed by atoms with van der Waals surface area (Å²) in [4.78, 5) is 0. The first-order valence-corrected chi connectivity index (χ1v) is 11.8. The van der Waals surface area contributed by atoms with Crippen molar-refractivity contribution in [2.75, 3.05) is 26.5 Å².